The maximum Gasteiger partial charge on any atom is 0.161 e. The second kappa shape index (κ2) is 5.16. The Morgan fingerprint density at radius 3 is 2.71 bits per heavy atom. The predicted octanol–water partition coefficient (Wildman–Crippen LogP) is 3.89. The van der Waals surface area contributed by atoms with Gasteiger partial charge in [-0.15, -0.1) is 0 Å². The van der Waals surface area contributed by atoms with E-state index >= 15 is 0 Å². The summed E-state index contributed by atoms with van der Waals surface area (Å²) in [5.41, 5.74) is 1.83. The van der Waals surface area contributed by atoms with Crippen molar-refractivity contribution in [2.75, 3.05) is 0 Å². The zero-order valence-electron chi connectivity index (χ0n) is 8.64. The lowest BCUT2D eigenvalue weighted by Gasteiger charge is -2.04. The van der Waals surface area contributed by atoms with E-state index < -0.39 is 0 Å². The number of unbranched alkanes of at least 4 members (excludes halogenated alkanes) is 1. The molecule has 0 aliphatic rings. The van der Waals surface area contributed by atoms with Crippen molar-refractivity contribution in [2.45, 2.75) is 33.1 Å². The zero-order chi connectivity index (χ0) is 10.6. The number of halogens is 1. The van der Waals surface area contributed by atoms with Gasteiger partial charge in [0.05, 0.1) is 5.02 Å². The Kier molecular flexibility index (Phi) is 4.15. The zero-order valence-corrected chi connectivity index (χ0v) is 9.40. The molecule has 0 aliphatic carbocycles. The van der Waals surface area contributed by atoms with Crippen LogP contribution in [-0.2, 0) is 6.42 Å². The molecule has 0 radical (unpaired) electrons. The third kappa shape index (κ3) is 2.85. The number of benzene rings is 1. The Morgan fingerprint density at radius 2 is 2.14 bits per heavy atom. The van der Waals surface area contributed by atoms with Gasteiger partial charge in [0, 0.05) is 5.56 Å². The third-order valence-electron chi connectivity index (χ3n) is 2.23. The third-order valence-corrected chi connectivity index (χ3v) is 2.56. The minimum atomic E-state index is 0.0355. The minimum Gasteiger partial charge on any atom is -0.294 e. The largest absolute Gasteiger partial charge is 0.294 e. The lowest BCUT2D eigenvalue weighted by atomic mass is 10.0. The van der Waals surface area contributed by atoms with E-state index in [0.717, 1.165) is 19.3 Å². The summed E-state index contributed by atoms with van der Waals surface area (Å²) in [4.78, 5) is 11.2. The Labute approximate surface area is 90.1 Å². The van der Waals surface area contributed by atoms with Gasteiger partial charge >= 0.3 is 0 Å². The first-order valence-corrected chi connectivity index (χ1v) is 5.32. The normalized spacial score (nSPS) is 10.2. The number of carbonyl (C=O) groups excluding carboxylic acids is 1. The monoisotopic (exact) mass is 210 g/mol. The molecule has 0 N–H and O–H groups in total. The van der Waals surface area contributed by atoms with Crippen LogP contribution in [0.3, 0.4) is 0 Å². The van der Waals surface area contributed by atoms with Crippen LogP contribution in [0.15, 0.2) is 18.2 Å². The van der Waals surface area contributed by atoms with Gasteiger partial charge in [-0.1, -0.05) is 31.0 Å². The first-order chi connectivity index (χ1) is 6.65. The molecule has 2 heteroatoms. The van der Waals surface area contributed by atoms with Gasteiger partial charge in [-0.2, -0.15) is 0 Å². The first kappa shape index (κ1) is 11.3. The Balaban J connectivity index is 2.89. The number of ketones is 1. The Bertz CT molecular complexity index is 331. The molecule has 0 heterocycles. The molecule has 0 bridgehead atoms. The van der Waals surface area contributed by atoms with E-state index in [9.17, 15) is 4.79 Å². The van der Waals surface area contributed by atoms with Crippen LogP contribution in [-0.4, -0.2) is 5.78 Å². The summed E-state index contributed by atoms with van der Waals surface area (Å²) < 4.78 is 0. The highest BCUT2D eigenvalue weighted by Gasteiger charge is 2.05. The molecule has 0 saturated carbocycles. The molecule has 0 aliphatic heterocycles. The smallest absolute Gasteiger partial charge is 0.161 e. The number of aryl methyl sites for hydroxylation is 1. The van der Waals surface area contributed by atoms with Crippen molar-refractivity contribution in [1.82, 2.24) is 0 Å². The summed E-state index contributed by atoms with van der Waals surface area (Å²) in [6.07, 6.45) is 3.34. The SMILES string of the molecule is CCCCc1ccc(Cl)c(C(C)=O)c1. The van der Waals surface area contributed by atoms with Crippen LogP contribution in [0.5, 0.6) is 0 Å². The standard InChI is InChI=1S/C12H15ClO/c1-3-4-5-10-6-7-12(13)11(8-10)9(2)14/h6-8H,3-5H2,1-2H3. The molecule has 0 aromatic heterocycles. The van der Waals surface area contributed by atoms with Crippen LogP contribution in [0.25, 0.3) is 0 Å². The van der Waals surface area contributed by atoms with Crippen molar-refractivity contribution >= 4 is 17.4 Å². The second-order valence-electron chi connectivity index (χ2n) is 3.47. The van der Waals surface area contributed by atoms with Crippen LogP contribution in [0, 0.1) is 0 Å². The molecule has 0 amide bonds. The van der Waals surface area contributed by atoms with E-state index in [4.69, 9.17) is 11.6 Å². The van der Waals surface area contributed by atoms with Crippen molar-refractivity contribution < 1.29 is 4.79 Å². The Morgan fingerprint density at radius 1 is 1.43 bits per heavy atom. The maximum absolute atomic E-state index is 11.2. The van der Waals surface area contributed by atoms with Gasteiger partial charge in [-0.05, 0) is 37.5 Å². The van der Waals surface area contributed by atoms with Gasteiger partial charge in [0.25, 0.3) is 0 Å². The fraction of sp³-hybridized carbons (Fsp3) is 0.417. The number of rotatable bonds is 4. The number of hydrogen-bond donors (Lipinski definition) is 0. The Hall–Kier alpha value is -0.820. The van der Waals surface area contributed by atoms with Crippen LogP contribution >= 0.6 is 11.6 Å². The highest BCUT2D eigenvalue weighted by atomic mass is 35.5. The maximum atomic E-state index is 11.2. The van der Waals surface area contributed by atoms with E-state index in [1.165, 1.54) is 5.56 Å². The van der Waals surface area contributed by atoms with Crippen molar-refractivity contribution in [1.29, 1.82) is 0 Å². The van der Waals surface area contributed by atoms with Crippen molar-refractivity contribution in [2.24, 2.45) is 0 Å². The molecular formula is C12H15ClO. The van der Waals surface area contributed by atoms with E-state index in [2.05, 4.69) is 6.92 Å². The van der Waals surface area contributed by atoms with E-state index in [1.54, 1.807) is 6.92 Å². The predicted molar refractivity (Wildman–Crippen MR) is 60.1 cm³/mol. The van der Waals surface area contributed by atoms with Crippen molar-refractivity contribution in [3.8, 4) is 0 Å². The molecular weight excluding hydrogens is 196 g/mol. The highest BCUT2D eigenvalue weighted by Crippen LogP contribution is 2.19. The summed E-state index contributed by atoms with van der Waals surface area (Å²) in [7, 11) is 0. The molecule has 0 saturated heterocycles. The lowest BCUT2D eigenvalue weighted by molar-refractivity contribution is 0.101. The second-order valence-corrected chi connectivity index (χ2v) is 3.88. The molecule has 1 rings (SSSR count). The topological polar surface area (TPSA) is 17.1 Å². The minimum absolute atomic E-state index is 0.0355. The number of carbonyl (C=O) groups is 1. The van der Waals surface area contributed by atoms with Crippen LogP contribution in [0.4, 0.5) is 0 Å². The van der Waals surface area contributed by atoms with E-state index in [0.29, 0.717) is 10.6 Å². The fourth-order valence-electron chi connectivity index (χ4n) is 1.38. The van der Waals surface area contributed by atoms with Crippen LogP contribution in [0.1, 0.15) is 42.6 Å². The molecule has 0 atom stereocenters. The van der Waals surface area contributed by atoms with Crippen molar-refractivity contribution in [3.05, 3.63) is 34.3 Å². The summed E-state index contributed by atoms with van der Waals surface area (Å²) >= 11 is 5.90. The molecule has 0 fully saturated rings. The molecule has 1 aromatic rings. The average Bonchev–Trinajstić information content (AvgIpc) is 2.16. The number of hydrogen-bond acceptors (Lipinski definition) is 1. The van der Waals surface area contributed by atoms with Gasteiger partial charge in [0.15, 0.2) is 5.78 Å². The summed E-state index contributed by atoms with van der Waals surface area (Å²) in [6, 6.07) is 5.70. The number of Topliss-reactive ketones (excluding diaryl/α,β-unsaturated/α-hetero) is 1. The quantitative estimate of drug-likeness (QED) is 0.690. The molecule has 14 heavy (non-hydrogen) atoms. The lowest BCUT2D eigenvalue weighted by Crippen LogP contribution is -1.95. The van der Waals surface area contributed by atoms with E-state index in [1.807, 2.05) is 18.2 Å². The molecule has 1 aromatic carbocycles. The molecule has 0 spiro atoms. The van der Waals surface area contributed by atoms with Gasteiger partial charge in [-0.25, -0.2) is 0 Å². The molecule has 76 valence electrons. The van der Waals surface area contributed by atoms with Crippen LogP contribution < -0.4 is 0 Å². The molecule has 0 unspecified atom stereocenters. The van der Waals surface area contributed by atoms with E-state index in [-0.39, 0.29) is 5.78 Å². The summed E-state index contributed by atoms with van der Waals surface area (Å²) in [5.74, 6) is 0.0355. The fourth-order valence-corrected chi connectivity index (χ4v) is 1.63. The molecule has 1 nitrogen and oxygen atoms in total. The van der Waals surface area contributed by atoms with Crippen LogP contribution in [0.2, 0.25) is 5.02 Å². The van der Waals surface area contributed by atoms with Gasteiger partial charge < -0.3 is 0 Å². The highest BCUT2D eigenvalue weighted by molar-refractivity contribution is 6.33. The summed E-state index contributed by atoms with van der Waals surface area (Å²) in [6.45, 7) is 3.70. The first-order valence-electron chi connectivity index (χ1n) is 4.94. The average molecular weight is 211 g/mol. The van der Waals surface area contributed by atoms with Crippen molar-refractivity contribution in [3.63, 3.8) is 0 Å². The summed E-state index contributed by atoms with van der Waals surface area (Å²) in [5, 5.41) is 0.553. The van der Waals surface area contributed by atoms with Gasteiger partial charge in [0.1, 0.15) is 0 Å². The van der Waals surface area contributed by atoms with Gasteiger partial charge in [0.2, 0.25) is 0 Å². The van der Waals surface area contributed by atoms with Gasteiger partial charge in [-0.3, -0.25) is 4.79 Å².